The number of ether oxygens (including phenoxy) is 3. The maximum atomic E-state index is 9.95. The number of aromatic amines is 1. The van der Waals surface area contributed by atoms with Crippen LogP contribution in [0.5, 0.6) is 17.6 Å². The van der Waals surface area contributed by atoms with Crippen molar-refractivity contribution in [2.75, 3.05) is 33.4 Å². The van der Waals surface area contributed by atoms with Gasteiger partial charge in [-0.25, -0.2) is 4.68 Å². The molecule has 0 fully saturated rings. The maximum Gasteiger partial charge on any atom is 0.246 e. The average molecular weight is 535 g/mol. The fraction of sp³-hybridized carbons (Fsp3) is 0.407. The Morgan fingerprint density at radius 2 is 1.90 bits per heavy atom. The monoisotopic (exact) mass is 534 g/mol. The van der Waals surface area contributed by atoms with E-state index in [9.17, 15) is 5.11 Å². The molecular weight excluding hydrogens is 500 g/mol. The van der Waals surface area contributed by atoms with Crippen LogP contribution in [0.2, 0.25) is 0 Å². The van der Waals surface area contributed by atoms with Crippen LogP contribution in [0, 0.1) is 0 Å². The quantitative estimate of drug-likeness (QED) is 0.382. The van der Waals surface area contributed by atoms with Crippen LogP contribution >= 0.6 is 0 Å². The third-order valence-corrected chi connectivity index (χ3v) is 6.47. The van der Waals surface area contributed by atoms with Crippen molar-refractivity contribution in [1.29, 1.82) is 0 Å². The zero-order chi connectivity index (χ0) is 27.7. The number of hydrogen-bond donors (Lipinski definition) is 2. The van der Waals surface area contributed by atoms with Gasteiger partial charge in [-0.2, -0.15) is 5.10 Å². The largest absolute Gasteiger partial charge is 0.476 e. The molecule has 1 aliphatic rings. The molecule has 0 saturated carbocycles. The molecule has 0 radical (unpaired) electrons. The highest BCUT2D eigenvalue weighted by atomic mass is 16.5. The lowest BCUT2D eigenvalue weighted by Gasteiger charge is -2.21. The van der Waals surface area contributed by atoms with Gasteiger partial charge in [-0.05, 0) is 46.0 Å². The molecule has 5 heterocycles. The molecule has 206 valence electrons. The van der Waals surface area contributed by atoms with Crippen molar-refractivity contribution in [2.24, 2.45) is 7.05 Å². The Bertz CT molecular complexity index is 1530. The predicted molar refractivity (Wildman–Crippen MR) is 147 cm³/mol. The summed E-state index contributed by atoms with van der Waals surface area (Å²) in [4.78, 5) is 6.74. The van der Waals surface area contributed by atoms with Gasteiger partial charge in [-0.15, -0.1) is 10.2 Å². The van der Waals surface area contributed by atoms with Gasteiger partial charge in [0.05, 0.1) is 66.8 Å². The van der Waals surface area contributed by atoms with Crippen molar-refractivity contribution in [3.8, 4) is 28.9 Å². The lowest BCUT2D eigenvalue weighted by Crippen LogP contribution is -2.26. The first kappa shape index (κ1) is 26.4. The van der Waals surface area contributed by atoms with Gasteiger partial charge in [0.1, 0.15) is 11.3 Å². The van der Waals surface area contributed by atoms with Crippen LogP contribution in [0.15, 0.2) is 24.6 Å². The van der Waals surface area contributed by atoms with Crippen molar-refractivity contribution in [3.05, 3.63) is 41.6 Å². The molecule has 2 N–H and O–H groups in total. The Morgan fingerprint density at radius 3 is 2.64 bits per heavy atom. The van der Waals surface area contributed by atoms with Gasteiger partial charge in [0, 0.05) is 19.0 Å². The number of fused-ring (bicyclic) bond motifs is 4. The van der Waals surface area contributed by atoms with Crippen LogP contribution in [0.25, 0.3) is 34.3 Å². The number of nitrogens with one attached hydrogen (secondary N) is 1. The van der Waals surface area contributed by atoms with Crippen LogP contribution in [0.3, 0.4) is 0 Å². The minimum atomic E-state index is -0.245. The molecule has 5 rings (SSSR count). The van der Waals surface area contributed by atoms with Gasteiger partial charge < -0.3 is 19.3 Å². The molecule has 4 aromatic rings. The van der Waals surface area contributed by atoms with Crippen LogP contribution in [-0.2, 0) is 13.6 Å². The van der Waals surface area contributed by atoms with Gasteiger partial charge in [0.15, 0.2) is 0 Å². The number of nitrogens with zero attached hydrogens (tertiary/aromatic N) is 7. The second-order valence-electron chi connectivity index (χ2n) is 9.49. The first-order chi connectivity index (χ1) is 18.8. The molecule has 0 aromatic carbocycles. The van der Waals surface area contributed by atoms with E-state index in [1.807, 2.05) is 50.7 Å². The molecule has 12 nitrogen and oxygen atoms in total. The highest BCUT2D eigenvalue weighted by Gasteiger charge is 2.26. The number of aromatic nitrogens is 7. The van der Waals surface area contributed by atoms with E-state index in [1.54, 1.807) is 17.9 Å². The van der Waals surface area contributed by atoms with E-state index >= 15 is 0 Å². The molecule has 0 unspecified atom stereocenters. The molecule has 4 aromatic heterocycles. The summed E-state index contributed by atoms with van der Waals surface area (Å²) in [6.07, 6.45) is 5.63. The number of pyridine rings is 1. The summed E-state index contributed by atoms with van der Waals surface area (Å²) in [5.74, 6) is 1.93. The van der Waals surface area contributed by atoms with Crippen molar-refractivity contribution in [3.63, 3.8) is 0 Å². The second-order valence-corrected chi connectivity index (χ2v) is 9.49. The van der Waals surface area contributed by atoms with Crippen LogP contribution in [0.1, 0.15) is 43.8 Å². The molecule has 12 heteroatoms. The van der Waals surface area contributed by atoms with Gasteiger partial charge in [-0.3, -0.25) is 19.7 Å². The topological polar surface area (TPSA) is 128 Å². The molecule has 0 amide bonds. The lowest BCUT2D eigenvalue weighted by atomic mass is 10.1. The molecular formula is C27H34N8O4. The fourth-order valence-corrected chi connectivity index (χ4v) is 4.67. The number of rotatable bonds is 6. The van der Waals surface area contributed by atoms with Gasteiger partial charge >= 0.3 is 0 Å². The van der Waals surface area contributed by atoms with Crippen molar-refractivity contribution < 1.29 is 19.3 Å². The molecule has 0 spiro atoms. The highest BCUT2D eigenvalue weighted by Crippen LogP contribution is 2.39. The zero-order valence-electron chi connectivity index (χ0n) is 22.9. The third-order valence-electron chi connectivity index (χ3n) is 6.47. The van der Waals surface area contributed by atoms with E-state index in [-0.39, 0.29) is 12.6 Å². The number of aliphatic hydroxyl groups excluding tert-OH is 1. The van der Waals surface area contributed by atoms with Gasteiger partial charge in [0.25, 0.3) is 0 Å². The summed E-state index contributed by atoms with van der Waals surface area (Å²) in [5.41, 5.74) is 4.50. The Kier molecular flexibility index (Phi) is 7.40. The number of aliphatic hydroxyl groups is 1. The lowest BCUT2D eigenvalue weighted by molar-refractivity contribution is 0.217. The molecule has 1 atom stereocenters. The first-order valence-electron chi connectivity index (χ1n) is 13.0. The molecule has 0 aliphatic carbocycles. The summed E-state index contributed by atoms with van der Waals surface area (Å²) in [6, 6.07) is 1.70. The summed E-state index contributed by atoms with van der Waals surface area (Å²) >= 11 is 0. The van der Waals surface area contributed by atoms with Crippen LogP contribution in [0.4, 0.5) is 0 Å². The van der Waals surface area contributed by atoms with E-state index in [0.29, 0.717) is 61.0 Å². The average Bonchev–Trinajstić information content (AvgIpc) is 3.55. The van der Waals surface area contributed by atoms with E-state index < -0.39 is 0 Å². The van der Waals surface area contributed by atoms with E-state index in [4.69, 9.17) is 19.3 Å². The Labute approximate surface area is 226 Å². The van der Waals surface area contributed by atoms with E-state index in [2.05, 4.69) is 31.8 Å². The minimum absolute atomic E-state index is 0.0614. The second kappa shape index (κ2) is 10.9. The van der Waals surface area contributed by atoms with Crippen molar-refractivity contribution >= 4 is 23.1 Å². The SMILES string of the molecule is C=C1CN(C)Cc2c(c(OCC)nn2[C@@H](C)CO)/C=C/c2n[nH]c3cnc(cc23)-c2c(OCC)nn(C)c2O1. The first-order valence-corrected chi connectivity index (χ1v) is 13.0. The number of likely N-dealkylation sites (N-methyl/N-ethyl adjacent to an activating group) is 1. The molecule has 1 aliphatic heterocycles. The smallest absolute Gasteiger partial charge is 0.246 e. The Balaban J connectivity index is 1.72. The van der Waals surface area contributed by atoms with Crippen LogP contribution < -0.4 is 14.2 Å². The summed E-state index contributed by atoms with van der Waals surface area (Å²) in [7, 11) is 3.77. The molecule has 39 heavy (non-hydrogen) atoms. The van der Waals surface area contributed by atoms with Crippen molar-refractivity contribution in [2.45, 2.75) is 33.4 Å². The minimum Gasteiger partial charge on any atom is -0.476 e. The summed E-state index contributed by atoms with van der Waals surface area (Å²) < 4.78 is 21.5. The van der Waals surface area contributed by atoms with E-state index in [0.717, 1.165) is 27.9 Å². The maximum absolute atomic E-state index is 9.95. The standard InChI is InChI=1S/C27H34N8O4/c1-7-37-25-18-9-10-20-19-11-21(28-12-22(19)30-29-20)24-26(38-8-2)31-34(6)27(24)39-17(4)13-33(5)14-23(18)35(32-25)16(3)15-36/h9-12,16,36H,4,7-8,13-15H2,1-3,5-6H3,(H,29,30)/b10-9+/t16-/m0/s1. The van der Waals surface area contributed by atoms with Gasteiger partial charge in [0.2, 0.25) is 17.6 Å². The summed E-state index contributed by atoms with van der Waals surface area (Å²) in [6.45, 7) is 11.7. The van der Waals surface area contributed by atoms with Crippen molar-refractivity contribution in [1.82, 2.24) is 39.6 Å². The number of hydrogen-bond acceptors (Lipinski definition) is 9. The number of aryl methyl sites for hydroxylation is 1. The third kappa shape index (κ3) is 5.00. The number of H-pyrrole nitrogens is 1. The zero-order valence-corrected chi connectivity index (χ0v) is 22.9. The van der Waals surface area contributed by atoms with E-state index in [1.165, 1.54) is 0 Å². The Morgan fingerprint density at radius 1 is 1.13 bits per heavy atom. The molecule has 2 bridgehead atoms. The molecule has 0 saturated heterocycles. The highest BCUT2D eigenvalue weighted by molar-refractivity contribution is 5.92. The fourth-order valence-electron chi connectivity index (χ4n) is 4.67. The van der Waals surface area contributed by atoms with Gasteiger partial charge in [-0.1, -0.05) is 6.58 Å². The predicted octanol–water partition coefficient (Wildman–Crippen LogP) is 3.41. The van der Waals surface area contributed by atoms with Crippen LogP contribution in [-0.4, -0.2) is 78.2 Å². The Hall–Kier alpha value is -4.16. The summed E-state index contributed by atoms with van der Waals surface area (Å²) in [5, 5.41) is 27.7. The normalized spacial score (nSPS) is 15.8.